The normalized spacial score (nSPS) is 15.3. The largest absolute Gasteiger partial charge is 0.301 e. The molecular formula is C17H18FN5. The molecule has 3 rings (SSSR count). The maximum Gasteiger partial charge on any atom is 0.190 e. The van der Waals surface area contributed by atoms with E-state index >= 15 is 0 Å². The second kappa shape index (κ2) is 7.16. The van der Waals surface area contributed by atoms with Gasteiger partial charge in [-0.25, -0.2) is 9.07 Å². The number of hydrogen-bond donors (Lipinski definition) is 0. The van der Waals surface area contributed by atoms with Crippen LogP contribution in [-0.4, -0.2) is 39.5 Å². The van der Waals surface area contributed by atoms with Gasteiger partial charge in [0.1, 0.15) is 11.9 Å². The number of benzene rings is 1. The number of nitriles is 1. The first-order valence-electron chi connectivity index (χ1n) is 7.76. The van der Waals surface area contributed by atoms with Gasteiger partial charge in [-0.1, -0.05) is 23.4 Å². The second-order valence-electron chi connectivity index (χ2n) is 5.59. The second-order valence-corrected chi connectivity index (χ2v) is 5.59. The summed E-state index contributed by atoms with van der Waals surface area (Å²) in [4.78, 5) is 2.39. The molecule has 0 aliphatic carbocycles. The van der Waals surface area contributed by atoms with E-state index in [0.717, 1.165) is 25.2 Å². The van der Waals surface area contributed by atoms with Crippen LogP contribution in [0.3, 0.4) is 0 Å². The molecule has 0 bridgehead atoms. The average molecular weight is 311 g/mol. The van der Waals surface area contributed by atoms with Crippen molar-refractivity contribution in [3.8, 4) is 6.07 Å². The molecule has 0 saturated carbocycles. The van der Waals surface area contributed by atoms with E-state index in [-0.39, 0.29) is 5.82 Å². The van der Waals surface area contributed by atoms with E-state index < -0.39 is 0 Å². The summed E-state index contributed by atoms with van der Waals surface area (Å²) in [6, 6.07) is 8.27. The molecule has 1 aliphatic rings. The van der Waals surface area contributed by atoms with E-state index in [1.165, 1.54) is 25.0 Å². The Bertz CT molecular complexity index is 720. The molecule has 6 heteroatoms. The predicted octanol–water partition coefficient (Wildman–Crippen LogP) is 2.56. The van der Waals surface area contributed by atoms with Gasteiger partial charge in [0.25, 0.3) is 0 Å². The summed E-state index contributed by atoms with van der Waals surface area (Å²) < 4.78 is 14.7. The Kier molecular flexibility index (Phi) is 4.79. The van der Waals surface area contributed by atoms with Crippen molar-refractivity contribution in [3.63, 3.8) is 0 Å². The summed E-state index contributed by atoms with van der Waals surface area (Å²) in [5.74, 6) is -0.266. The maximum atomic E-state index is 12.9. The van der Waals surface area contributed by atoms with Crippen LogP contribution in [0, 0.1) is 17.1 Å². The SMILES string of the molecule is N#Cc1nnn(CCN2CCCC2)c1/C=C/c1ccc(F)cc1. The summed E-state index contributed by atoms with van der Waals surface area (Å²) in [5.41, 5.74) is 1.86. The molecule has 0 atom stereocenters. The van der Waals surface area contributed by atoms with Crippen molar-refractivity contribution in [3.05, 3.63) is 47.0 Å². The van der Waals surface area contributed by atoms with Crippen LogP contribution in [0.15, 0.2) is 24.3 Å². The zero-order valence-electron chi connectivity index (χ0n) is 12.8. The molecule has 0 unspecified atom stereocenters. The first-order chi connectivity index (χ1) is 11.3. The van der Waals surface area contributed by atoms with E-state index in [9.17, 15) is 9.65 Å². The van der Waals surface area contributed by atoms with Gasteiger partial charge in [-0.15, -0.1) is 5.10 Å². The van der Waals surface area contributed by atoms with Gasteiger partial charge in [0.05, 0.1) is 12.2 Å². The zero-order valence-corrected chi connectivity index (χ0v) is 12.8. The van der Waals surface area contributed by atoms with Crippen LogP contribution >= 0.6 is 0 Å². The van der Waals surface area contributed by atoms with E-state index in [2.05, 4.69) is 21.3 Å². The van der Waals surface area contributed by atoms with Gasteiger partial charge in [0, 0.05) is 6.54 Å². The molecule has 1 aliphatic heterocycles. The van der Waals surface area contributed by atoms with Gasteiger partial charge < -0.3 is 4.90 Å². The van der Waals surface area contributed by atoms with Crippen molar-refractivity contribution >= 4 is 12.2 Å². The molecule has 2 heterocycles. The fourth-order valence-electron chi connectivity index (χ4n) is 2.72. The van der Waals surface area contributed by atoms with Gasteiger partial charge in [-0.05, 0) is 49.7 Å². The molecule has 0 spiro atoms. The number of hydrogen-bond acceptors (Lipinski definition) is 4. The topological polar surface area (TPSA) is 57.7 Å². The van der Waals surface area contributed by atoms with Crippen LogP contribution in [0.25, 0.3) is 12.2 Å². The first-order valence-corrected chi connectivity index (χ1v) is 7.76. The molecule has 118 valence electrons. The fraction of sp³-hybridized carbons (Fsp3) is 0.353. The minimum absolute atomic E-state index is 0.266. The molecular weight excluding hydrogens is 293 g/mol. The van der Waals surface area contributed by atoms with Crippen molar-refractivity contribution in [1.29, 1.82) is 5.26 Å². The lowest BCUT2D eigenvalue weighted by Gasteiger charge is -2.14. The highest BCUT2D eigenvalue weighted by Gasteiger charge is 2.14. The summed E-state index contributed by atoms with van der Waals surface area (Å²) in [6.07, 6.45) is 6.15. The maximum absolute atomic E-state index is 12.9. The Morgan fingerprint density at radius 3 is 2.57 bits per heavy atom. The zero-order chi connectivity index (χ0) is 16.1. The highest BCUT2D eigenvalue weighted by atomic mass is 19.1. The van der Waals surface area contributed by atoms with Crippen molar-refractivity contribution in [1.82, 2.24) is 19.9 Å². The van der Waals surface area contributed by atoms with Crippen molar-refractivity contribution < 1.29 is 4.39 Å². The molecule has 1 fully saturated rings. The van der Waals surface area contributed by atoms with Crippen LogP contribution in [0.5, 0.6) is 0 Å². The Morgan fingerprint density at radius 1 is 1.13 bits per heavy atom. The third kappa shape index (κ3) is 3.82. The molecule has 1 saturated heterocycles. The van der Waals surface area contributed by atoms with Gasteiger partial charge in [0.15, 0.2) is 5.69 Å². The molecule has 23 heavy (non-hydrogen) atoms. The fourth-order valence-corrected chi connectivity index (χ4v) is 2.72. The van der Waals surface area contributed by atoms with Crippen LogP contribution < -0.4 is 0 Å². The van der Waals surface area contributed by atoms with E-state index in [1.54, 1.807) is 16.8 Å². The Labute approximate surface area is 134 Å². The van der Waals surface area contributed by atoms with Crippen LogP contribution in [-0.2, 0) is 6.54 Å². The minimum Gasteiger partial charge on any atom is -0.301 e. The summed E-state index contributed by atoms with van der Waals surface area (Å²) in [7, 11) is 0. The summed E-state index contributed by atoms with van der Waals surface area (Å²) in [5, 5.41) is 17.2. The minimum atomic E-state index is -0.266. The Morgan fingerprint density at radius 2 is 1.87 bits per heavy atom. The van der Waals surface area contributed by atoms with E-state index in [0.29, 0.717) is 17.9 Å². The van der Waals surface area contributed by atoms with E-state index in [4.69, 9.17) is 0 Å². The quantitative estimate of drug-likeness (QED) is 0.851. The van der Waals surface area contributed by atoms with Crippen LogP contribution in [0.2, 0.25) is 0 Å². The molecule has 0 radical (unpaired) electrons. The molecule has 2 aromatic rings. The average Bonchev–Trinajstić information content (AvgIpc) is 3.21. The van der Waals surface area contributed by atoms with Gasteiger partial charge in [-0.2, -0.15) is 5.26 Å². The first kappa shape index (κ1) is 15.4. The van der Waals surface area contributed by atoms with E-state index in [1.807, 2.05) is 12.2 Å². The lowest BCUT2D eigenvalue weighted by atomic mass is 10.2. The van der Waals surface area contributed by atoms with Gasteiger partial charge in [0.2, 0.25) is 0 Å². The summed E-state index contributed by atoms with van der Waals surface area (Å²) in [6.45, 7) is 3.87. The monoisotopic (exact) mass is 311 g/mol. The lowest BCUT2D eigenvalue weighted by molar-refractivity contribution is 0.313. The Hall–Kier alpha value is -2.52. The third-order valence-electron chi connectivity index (χ3n) is 4.01. The van der Waals surface area contributed by atoms with Crippen molar-refractivity contribution in [2.24, 2.45) is 0 Å². The van der Waals surface area contributed by atoms with Crippen LogP contribution in [0.1, 0.15) is 29.8 Å². The van der Waals surface area contributed by atoms with Crippen molar-refractivity contribution in [2.45, 2.75) is 19.4 Å². The molecule has 1 aromatic heterocycles. The Balaban J connectivity index is 1.75. The lowest BCUT2D eigenvalue weighted by Crippen LogP contribution is -2.24. The summed E-state index contributed by atoms with van der Waals surface area (Å²) >= 11 is 0. The highest BCUT2D eigenvalue weighted by Crippen LogP contribution is 2.13. The molecule has 1 aromatic carbocycles. The number of nitrogens with zero attached hydrogens (tertiary/aromatic N) is 5. The number of aromatic nitrogens is 3. The number of rotatable bonds is 5. The van der Waals surface area contributed by atoms with Crippen LogP contribution in [0.4, 0.5) is 4.39 Å². The molecule has 0 N–H and O–H groups in total. The van der Waals surface area contributed by atoms with Crippen molar-refractivity contribution in [2.75, 3.05) is 19.6 Å². The highest BCUT2D eigenvalue weighted by molar-refractivity contribution is 5.69. The predicted molar refractivity (Wildman–Crippen MR) is 85.7 cm³/mol. The van der Waals surface area contributed by atoms with Gasteiger partial charge in [-0.3, -0.25) is 0 Å². The standard InChI is InChI=1S/C17H18FN5/c18-15-6-3-14(4-7-15)5-8-17-16(13-19)20-21-23(17)12-11-22-9-1-2-10-22/h3-8H,1-2,9-12H2/b8-5+. The van der Waals surface area contributed by atoms with Gasteiger partial charge >= 0.3 is 0 Å². The molecule has 5 nitrogen and oxygen atoms in total. The number of likely N-dealkylation sites (tertiary alicyclic amines) is 1. The smallest absolute Gasteiger partial charge is 0.190 e. The molecule has 0 amide bonds. The number of halogens is 1. The third-order valence-corrected chi connectivity index (χ3v) is 4.01.